The second-order valence-electron chi connectivity index (χ2n) is 1.04. The standard InChI is InChI=1S/2CH4N2OS.CH3NS.K.H/c2*2-3-1(4)5;2-1-3;;/h2*2H2,(H2,3,4,5);1H,(H2,2,3);;. The van der Waals surface area contributed by atoms with Gasteiger partial charge in [0.05, 0.1) is 5.49 Å². The van der Waals surface area contributed by atoms with Crippen LogP contribution in [0.4, 0.5) is 0 Å². The first kappa shape index (κ1) is 24.2. The van der Waals surface area contributed by atoms with Gasteiger partial charge in [0.15, 0.2) is 0 Å². The number of nitrogens with one attached hydrogen (secondary N) is 2. The van der Waals surface area contributed by atoms with Crippen molar-refractivity contribution in [1.29, 1.82) is 0 Å². The normalized spacial score (nSPS) is 5.57. The van der Waals surface area contributed by atoms with Crippen molar-refractivity contribution in [2.24, 2.45) is 17.4 Å². The van der Waals surface area contributed by atoms with E-state index >= 15 is 0 Å². The van der Waals surface area contributed by atoms with Gasteiger partial charge in [0.1, 0.15) is 0 Å². The van der Waals surface area contributed by atoms with Gasteiger partial charge in [-0.2, -0.15) is 0 Å². The first-order valence-electron chi connectivity index (χ1n) is 2.50. The first-order chi connectivity index (χ1) is 5.95. The summed E-state index contributed by atoms with van der Waals surface area (Å²) in [4.78, 5) is 0. The summed E-state index contributed by atoms with van der Waals surface area (Å²) in [7, 11) is 0. The Hall–Kier alpha value is 0.826. The average Bonchev–Trinajstić information content (AvgIpc) is 2.07. The van der Waals surface area contributed by atoms with Crippen molar-refractivity contribution in [2.75, 3.05) is 0 Å². The molecule has 11 heteroatoms. The summed E-state index contributed by atoms with van der Waals surface area (Å²) in [5.41, 5.74) is 9.25. The van der Waals surface area contributed by atoms with Gasteiger partial charge in [-0.1, -0.05) is 12.2 Å². The minimum atomic E-state index is -0.384. The van der Waals surface area contributed by atoms with Crippen LogP contribution in [0.15, 0.2) is 0 Å². The van der Waals surface area contributed by atoms with Gasteiger partial charge in [0.2, 0.25) is 0 Å². The number of aliphatic hydroxyl groups excluding tert-OH is 2. The van der Waals surface area contributed by atoms with E-state index in [1.54, 1.807) is 0 Å². The maximum absolute atomic E-state index is 7.86. The van der Waals surface area contributed by atoms with Gasteiger partial charge in [-0.25, -0.2) is 11.7 Å². The number of hydrogen-bond donors (Lipinski definition) is 7. The van der Waals surface area contributed by atoms with E-state index < -0.39 is 0 Å². The van der Waals surface area contributed by atoms with Crippen LogP contribution < -0.4 is 28.3 Å². The predicted octanol–water partition coefficient (Wildman–Crippen LogP) is -2.16. The summed E-state index contributed by atoms with van der Waals surface area (Å²) >= 11 is 12.1. The summed E-state index contributed by atoms with van der Waals surface area (Å²) in [5.74, 6) is 9.06. The van der Waals surface area contributed by atoms with E-state index in [0.717, 1.165) is 5.49 Å². The van der Waals surface area contributed by atoms with E-state index in [9.17, 15) is 0 Å². The van der Waals surface area contributed by atoms with Crippen LogP contribution in [-0.2, 0) is 0 Å². The van der Waals surface area contributed by atoms with Gasteiger partial charge < -0.3 is 15.9 Å². The van der Waals surface area contributed by atoms with Gasteiger partial charge in [0, 0.05) is 0 Å². The summed E-state index contributed by atoms with van der Waals surface area (Å²) in [6.45, 7) is 0. The molecule has 10 N–H and O–H groups in total. The summed E-state index contributed by atoms with van der Waals surface area (Å²) < 4.78 is 0. The Labute approximate surface area is 140 Å². The first-order valence-corrected chi connectivity index (χ1v) is 3.79. The van der Waals surface area contributed by atoms with E-state index in [4.69, 9.17) is 10.2 Å². The molecule has 0 spiro atoms. The van der Waals surface area contributed by atoms with Crippen molar-refractivity contribution in [3.8, 4) is 0 Å². The molecule has 0 aromatic heterocycles. The van der Waals surface area contributed by atoms with E-state index in [2.05, 4.69) is 54.1 Å². The number of rotatable bonds is 0. The number of thiocarbonyl (C=S) groups is 3. The number of nitrogens with two attached hydrogens (primary N) is 3. The molecule has 0 aliphatic rings. The van der Waals surface area contributed by atoms with Crippen LogP contribution in [0.25, 0.3) is 0 Å². The van der Waals surface area contributed by atoms with Gasteiger partial charge >= 0.3 is 51.4 Å². The molecular formula is C3H12KN5O2S3. The molecule has 0 radical (unpaired) electrons. The monoisotopic (exact) mass is 285 g/mol. The van der Waals surface area contributed by atoms with Crippen LogP contribution in [0, 0.1) is 0 Å². The molecule has 80 valence electrons. The molecular weight excluding hydrogens is 273 g/mol. The van der Waals surface area contributed by atoms with Crippen LogP contribution in [0.2, 0.25) is 0 Å². The third-order valence-corrected chi connectivity index (χ3v) is 0.483. The van der Waals surface area contributed by atoms with E-state index in [-0.39, 0.29) is 61.7 Å². The Morgan fingerprint density at radius 3 is 1.14 bits per heavy atom. The molecule has 0 heterocycles. The molecule has 14 heavy (non-hydrogen) atoms. The molecule has 0 bridgehead atoms. The van der Waals surface area contributed by atoms with Gasteiger partial charge in [0.25, 0.3) is 10.3 Å². The molecule has 0 saturated heterocycles. The molecule has 0 aromatic rings. The summed E-state index contributed by atoms with van der Waals surface area (Å²) in [6, 6.07) is 0. The fourth-order valence-corrected chi connectivity index (χ4v) is 0. The average molecular weight is 285 g/mol. The molecule has 0 amide bonds. The van der Waals surface area contributed by atoms with Crippen LogP contribution in [0.5, 0.6) is 0 Å². The molecule has 0 aliphatic carbocycles. The SMILES string of the molecule is NC=S.NNC(O)=S.NNC(O)=S.[KH]. The van der Waals surface area contributed by atoms with E-state index in [0.29, 0.717) is 0 Å². The van der Waals surface area contributed by atoms with Crippen molar-refractivity contribution >= 4 is 104 Å². The zero-order valence-corrected chi connectivity index (χ0v) is 8.88. The quantitative estimate of drug-likeness (QED) is 0.114. The molecule has 7 nitrogen and oxygen atoms in total. The molecule has 0 aromatic carbocycles. The van der Waals surface area contributed by atoms with Crippen molar-refractivity contribution in [3.05, 3.63) is 0 Å². The van der Waals surface area contributed by atoms with Crippen molar-refractivity contribution in [2.45, 2.75) is 0 Å². The van der Waals surface area contributed by atoms with Crippen molar-refractivity contribution in [3.63, 3.8) is 0 Å². The number of hydrazine groups is 2. The fraction of sp³-hybridized carbons (Fsp3) is 0. The third-order valence-electron chi connectivity index (χ3n) is 0.247. The maximum atomic E-state index is 7.86. The zero-order valence-electron chi connectivity index (χ0n) is 6.43. The zero-order chi connectivity index (χ0) is 11.3. The second kappa shape index (κ2) is 23.6. The topological polar surface area (TPSA) is 143 Å². The van der Waals surface area contributed by atoms with Crippen molar-refractivity contribution < 1.29 is 10.2 Å². The molecule has 0 fully saturated rings. The third kappa shape index (κ3) is 77.0. The van der Waals surface area contributed by atoms with Crippen LogP contribution >= 0.6 is 36.7 Å². The second-order valence-corrected chi connectivity index (χ2v) is 2.08. The molecule has 0 rings (SSSR count). The molecule has 0 unspecified atom stereocenters. The molecule has 0 saturated carbocycles. The Bertz CT molecular complexity index is 145. The fourth-order valence-electron chi connectivity index (χ4n) is 0. The Morgan fingerprint density at radius 2 is 1.14 bits per heavy atom. The van der Waals surface area contributed by atoms with Crippen LogP contribution in [0.1, 0.15) is 0 Å². The summed E-state index contributed by atoms with van der Waals surface area (Å²) in [5, 5.41) is 14.9. The van der Waals surface area contributed by atoms with E-state index in [1.165, 1.54) is 0 Å². The van der Waals surface area contributed by atoms with Crippen LogP contribution in [-0.4, -0.2) is 77.4 Å². The van der Waals surface area contributed by atoms with E-state index in [1.807, 2.05) is 10.9 Å². The Kier molecular flexibility index (Phi) is 40.7. The minimum absolute atomic E-state index is 0. The predicted molar refractivity (Wildman–Crippen MR) is 70.1 cm³/mol. The molecule has 0 atom stereocenters. The van der Waals surface area contributed by atoms with Crippen molar-refractivity contribution in [1.82, 2.24) is 10.9 Å². The van der Waals surface area contributed by atoms with Gasteiger partial charge in [-0.05, 0) is 24.4 Å². The Morgan fingerprint density at radius 1 is 1.07 bits per heavy atom. The number of aliphatic hydroxyl groups is 2. The summed E-state index contributed by atoms with van der Waals surface area (Å²) in [6.07, 6.45) is 0. The van der Waals surface area contributed by atoms with Gasteiger partial charge in [-0.3, -0.25) is 10.9 Å². The van der Waals surface area contributed by atoms with Gasteiger partial charge in [-0.15, -0.1) is 0 Å². The Balaban J connectivity index is -0.0000000535. The number of hydrogen-bond acceptors (Lipinski definition) is 5. The van der Waals surface area contributed by atoms with Crippen LogP contribution in [0.3, 0.4) is 0 Å². The molecule has 0 aliphatic heterocycles.